The third-order valence-corrected chi connectivity index (χ3v) is 4.33. The van der Waals surface area contributed by atoms with Crippen LogP contribution in [0, 0.1) is 0 Å². The van der Waals surface area contributed by atoms with Crippen LogP contribution in [0.5, 0.6) is 0 Å². The molecule has 0 atom stereocenters. The number of halogens is 1. The van der Waals surface area contributed by atoms with Crippen molar-refractivity contribution in [3.05, 3.63) is 21.3 Å². The number of carboxylic acids is 1. The second-order valence-electron chi connectivity index (χ2n) is 4.47. The lowest BCUT2D eigenvalue weighted by molar-refractivity contribution is -0.137. The van der Waals surface area contributed by atoms with Gasteiger partial charge in [-0.3, -0.25) is 9.69 Å². The van der Waals surface area contributed by atoms with Gasteiger partial charge in [-0.2, -0.15) is 0 Å². The average molecular weight is 289 g/mol. The normalized spacial score (nSPS) is 18.1. The summed E-state index contributed by atoms with van der Waals surface area (Å²) in [5.74, 6) is -0.717. The maximum atomic E-state index is 10.5. The van der Waals surface area contributed by atoms with Gasteiger partial charge in [-0.15, -0.1) is 11.3 Å². The van der Waals surface area contributed by atoms with Crippen molar-refractivity contribution in [2.24, 2.45) is 0 Å². The van der Waals surface area contributed by atoms with E-state index in [-0.39, 0.29) is 6.42 Å². The number of nitrogens with zero attached hydrogens (tertiary/aromatic N) is 2. The van der Waals surface area contributed by atoms with Crippen LogP contribution in [0.3, 0.4) is 0 Å². The van der Waals surface area contributed by atoms with Gasteiger partial charge >= 0.3 is 5.97 Å². The Hall–Kier alpha value is -0.620. The van der Waals surface area contributed by atoms with E-state index < -0.39 is 5.97 Å². The summed E-state index contributed by atoms with van der Waals surface area (Å²) in [6.07, 6.45) is 0.237. The monoisotopic (exact) mass is 288 g/mol. The molecular weight excluding hydrogens is 272 g/mol. The smallest absolute Gasteiger partial charge is 0.304 e. The maximum Gasteiger partial charge on any atom is 0.304 e. The number of rotatable bonds is 5. The van der Waals surface area contributed by atoms with Crippen molar-refractivity contribution in [3.63, 3.8) is 0 Å². The van der Waals surface area contributed by atoms with E-state index in [2.05, 4.69) is 15.9 Å². The first-order valence-corrected chi connectivity index (χ1v) is 7.23. The second-order valence-corrected chi connectivity index (χ2v) is 6.27. The number of piperazine rings is 1. The molecule has 100 valence electrons. The largest absolute Gasteiger partial charge is 0.481 e. The molecule has 6 heteroatoms. The van der Waals surface area contributed by atoms with Gasteiger partial charge in [0.2, 0.25) is 0 Å². The summed E-state index contributed by atoms with van der Waals surface area (Å²) < 4.78 is 0.838. The molecule has 4 nitrogen and oxygen atoms in total. The molecule has 2 rings (SSSR count). The third-order valence-electron chi connectivity index (χ3n) is 3.12. The Kier molecular flexibility index (Phi) is 5.00. The van der Waals surface area contributed by atoms with Crippen molar-refractivity contribution >= 4 is 28.9 Å². The van der Waals surface area contributed by atoms with E-state index in [1.165, 1.54) is 4.88 Å². The van der Waals surface area contributed by atoms with Crippen LogP contribution in [0.4, 0.5) is 0 Å². The van der Waals surface area contributed by atoms with Crippen LogP contribution >= 0.6 is 22.9 Å². The van der Waals surface area contributed by atoms with Gasteiger partial charge in [0.15, 0.2) is 0 Å². The number of carbonyl (C=O) groups is 1. The molecule has 0 aromatic carbocycles. The molecule has 1 saturated heterocycles. The minimum absolute atomic E-state index is 0.237. The van der Waals surface area contributed by atoms with Crippen LogP contribution in [0.1, 0.15) is 11.3 Å². The Balaban J connectivity index is 1.71. The summed E-state index contributed by atoms with van der Waals surface area (Å²) in [5.41, 5.74) is 0. The van der Waals surface area contributed by atoms with E-state index in [1.807, 2.05) is 6.07 Å². The fraction of sp³-hybridized carbons (Fsp3) is 0.583. The van der Waals surface area contributed by atoms with E-state index in [1.54, 1.807) is 11.3 Å². The number of carboxylic acid groups (broad SMARTS) is 1. The van der Waals surface area contributed by atoms with E-state index in [9.17, 15) is 4.79 Å². The first kappa shape index (κ1) is 13.8. The lowest BCUT2D eigenvalue weighted by atomic mass is 10.3. The first-order chi connectivity index (χ1) is 8.63. The first-order valence-electron chi connectivity index (χ1n) is 6.04. The lowest BCUT2D eigenvalue weighted by Crippen LogP contribution is -2.46. The van der Waals surface area contributed by atoms with Crippen LogP contribution in [-0.4, -0.2) is 53.6 Å². The van der Waals surface area contributed by atoms with Crippen LogP contribution in [0.15, 0.2) is 12.1 Å². The van der Waals surface area contributed by atoms with Gasteiger partial charge in [0.25, 0.3) is 0 Å². The van der Waals surface area contributed by atoms with Gasteiger partial charge in [0.05, 0.1) is 10.8 Å². The van der Waals surface area contributed by atoms with Crippen molar-refractivity contribution in [1.82, 2.24) is 9.80 Å². The Morgan fingerprint density at radius 3 is 2.50 bits per heavy atom. The maximum absolute atomic E-state index is 10.5. The van der Waals surface area contributed by atoms with Gasteiger partial charge < -0.3 is 10.0 Å². The molecule has 0 aliphatic carbocycles. The Bertz CT molecular complexity index is 403. The zero-order valence-corrected chi connectivity index (χ0v) is 11.7. The Morgan fingerprint density at radius 1 is 1.28 bits per heavy atom. The number of thiophene rings is 1. The zero-order chi connectivity index (χ0) is 13.0. The van der Waals surface area contributed by atoms with Crippen LogP contribution in [0.25, 0.3) is 0 Å². The van der Waals surface area contributed by atoms with Crippen molar-refractivity contribution in [2.45, 2.75) is 13.0 Å². The molecule has 0 unspecified atom stereocenters. The molecule has 0 bridgehead atoms. The van der Waals surface area contributed by atoms with Gasteiger partial charge in [0.1, 0.15) is 0 Å². The van der Waals surface area contributed by atoms with Crippen LogP contribution in [-0.2, 0) is 11.3 Å². The minimum Gasteiger partial charge on any atom is -0.481 e. The SMILES string of the molecule is O=C(O)CCN1CCN(Cc2ccc(Cl)s2)CC1. The van der Waals surface area contributed by atoms with Gasteiger partial charge in [-0.05, 0) is 12.1 Å². The highest BCUT2D eigenvalue weighted by molar-refractivity contribution is 7.16. The number of hydrogen-bond acceptors (Lipinski definition) is 4. The molecule has 1 N–H and O–H groups in total. The van der Waals surface area contributed by atoms with E-state index in [0.717, 1.165) is 37.1 Å². The molecule has 1 aliphatic heterocycles. The van der Waals surface area contributed by atoms with Crippen LogP contribution < -0.4 is 0 Å². The molecule has 0 spiro atoms. The quantitative estimate of drug-likeness (QED) is 0.900. The molecular formula is C12H17ClN2O2S. The Morgan fingerprint density at radius 2 is 1.94 bits per heavy atom. The highest BCUT2D eigenvalue weighted by Gasteiger charge is 2.17. The van der Waals surface area contributed by atoms with Gasteiger partial charge in [-0.25, -0.2) is 0 Å². The van der Waals surface area contributed by atoms with Gasteiger partial charge in [-0.1, -0.05) is 11.6 Å². The van der Waals surface area contributed by atoms with E-state index in [0.29, 0.717) is 6.54 Å². The number of hydrogen-bond donors (Lipinski definition) is 1. The van der Waals surface area contributed by atoms with Crippen molar-refractivity contribution in [1.29, 1.82) is 0 Å². The Labute approximate surface area is 116 Å². The summed E-state index contributed by atoms with van der Waals surface area (Å²) in [4.78, 5) is 16.4. The van der Waals surface area contributed by atoms with Crippen LogP contribution in [0.2, 0.25) is 4.34 Å². The van der Waals surface area contributed by atoms with Crippen molar-refractivity contribution in [2.75, 3.05) is 32.7 Å². The highest BCUT2D eigenvalue weighted by Crippen LogP contribution is 2.23. The standard InChI is InChI=1S/C12H17ClN2O2S/c13-11-2-1-10(18-11)9-15-7-5-14(6-8-15)4-3-12(16)17/h1-2H,3-9H2,(H,16,17). The molecule has 0 radical (unpaired) electrons. The molecule has 1 aromatic rings. The third kappa shape index (κ3) is 4.24. The van der Waals surface area contributed by atoms with Crippen molar-refractivity contribution in [3.8, 4) is 0 Å². The summed E-state index contributed by atoms with van der Waals surface area (Å²) >= 11 is 7.54. The second kappa shape index (κ2) is 6.52. The fourth-order valence-electron chi connectivity index (χ4n) is 2.08. The average Bonchev–Trinajstić information content (AvgIpc) is 2.74. The summed E-state index contributed by atoms with van der Waals surface area (Å²) in [7, 11) is 0. The summed E-state index contributed by atoms with van der Waals surface area (Å²) in [6, 6.07) is 4.01. The highest BCUT2D eigenvalue weighted by atomic mass is 35.5. The number of aliphatic carboxylic acids is 1. The molecule has 2 heterocycles. The molecule has 0 saturated carbocycles. The minimum atomic E-state index is -0.717. The van der Waals surface area contributed by atoms with Gasteiger partial charge in [0, 0.05) is 44.1 Å². The molecule has 1 fully saturated rings. The predicted molar refractivity (Wildman–Crippen MR) is 73.3 cm³/mol. The van der Waals surface area contributed by atoms with E-state index in [4.69, 9.17) is 16.7 Å². The topological polar surface area (TPSA) is 43.8 Å². The molecule has 18 heavy (non-hydrogen) atoms. The van der Waals surface area contributed by atoms with Crippen molar-refractivity contribution < 1.29 is 9.90 Å². The summed E-state index contributed by atoms with van der Waals surface area (Å²) in [6.45, 7) is 5.50. The predicted octanol–water partition coefficient (Wildman–Crippen LogP) is 1.99. The lowest BCUT2D eigenvalue weighted by Gasteiger charge is -2.34. The summed E-state index contributed by atoms with van der Waals surface area (Å²) in [5, 5.41) is 8.65. The van der Waals surface area contributed by atoms with E-state index >= 15 is 0 Å². The zero-order valence-electron chi connectivity index (χ0n) is 10.1. The molecule has 1 aromatic heterocycles. The molecule has 0 amide bonds. The fourth-order valence-corrected chi connectivity index (χ4v) is 3.21. The molecule has 1 aliphatic rings.